The first-order valence-electron chi connectivity index (χ1n) is 7.35. The number of thiophene rings is 1. The summed E-state index contributed by atoms with van der Waals surface area (Å²) in [7, 11) is 0. The molecule has 0 saturated heterocycles. The molecule has 24 heavy (non-hydrogen) atoms. The van der Waals surface area contributed by atoms with Gasteiger partial charge in [-0.15, -0.1) is 11.3 Å². The third-order valence-electron chi connectivity index (χ3n) is 3.65. The second kappa shape index (κ2) is 6.03. The number of aromatic nitrogens is 4. The van der Waals surface area contributed by atoms with Crippen molar-refractivity contribution in [3.05, 3.63) is 40.6 Å². The van der Waals surface area contributed by atoms with E-state index in [0.717, 1.165) is 21.1 Å². The Hall–Kier alpha value is -2.19. The van der Waals surface area contributed by atoms with Crippen LogP contribution in [0.15, 0.2) is 32.4 Å². The molecule has 8 heteroatoms. The van der Waals surface area contributed by atoms with Crippen LogP contribution in [0.4, 0.5) is 0 Å². The highest BCUT2D eigenvalue weighted by atomic mass is 32.2. The predicted octanol–water partition coefficient (Wildman–Crippen LogP) is 4.55. The molecule has 0 saturated carbocycles. The minimum atomic E-state index is 0.460. The summed E-state index contributed by atoms with van der Waals surface area (Å²) in [5.74, 6) is 2.92. The first kappa shape index (κ1) is 15.3. The zero-order valence-corrected chi connectivity index (χ0v) is 15.0. The molecular formula is C16H14N4O2S2. The van der Waals surface area contributed by atoms with Crippen LogP contribution >= 0.6 is 23.1 Å². The van der Waals surface area contributed by atoms with Crippen LogP contribution in [0.2, 0.25) is 0 Å². The fourth-order valence-electron chi connectivity index (χ4n) is 2.37. The zero-order valence-electron chi connectivity index (χ0n) is 13.4. The smallest absolute Gasteiger partial charge is 0.238 e. The standard InChI is InChI=1S/C16H14N4O2S2/c1-8-9(2)24-16-13(8)15(17-10(3)18-16)23-7-12-19-14(20-22-12)11-5-4-6-21-11/h4-6H,7H2,1-3H3. The van der Waals surface area contributed by atoms with Gasteiger partial charge in [0.05, 0.1) is 12.0 Å². The van der Waals surface area contributed by atoms with Crippen LogP contribution in [-0.2, 0) is 5.75 Å². The molecule has 0 radical (unpaired) electrons. The molecule has 6 nitrogen and oxygen atoms in total. The summed E-state index contributed by atoms with van der Waals surface area (Å²) in [6.45, 7) is 6.13. The summed E-state index contributed by atoms with van der Waals surface area (Å²) in [6, 6.07) is 3.60. The molecule has 0 atom stereocenters. The Morgan fingerprint density at radius 2 is 2.04 bits per heavy atom. The summed E-state index contributed by atoms with van der Waals surface area (Å²) in [5.41, 5.74) is 1.24. The minimum absolute atomic E-state index is 0.460. The molecule has 4 aromatic heterocycles. The number of hydrogen-bond acceptors (Lipinski definition) is 8. The lowest BCUT2D eigenvalue weighted by Crippen LogP contribution is -1.92. The molecule has 0 aliphatic heterocycles. The second-order valence-electron chi connectivity index (χ2n) is 5.32. The molecule has 0 unspecified atom stereocenters. The first-order valence-corrected chi connectivity index (χ1v) is 9.15. The van der Waals surface area contributed by atoms with E-state index in [2.05, 4.69) is 34.0 Å². The van der Waals surface area contributed by atoms with Crippen LogP contribution in [0.25, 0.3) is 21.8 Å². The Morgan fingerprint density at radius 3 is 2.83 bits per heavy atom. The third-order valence-corrected chi connectivity index (χ3v) is 5.71. The number of thioether (sulfide) groups is 1. The van der Waals surface area contributed by atoms with Gasteiger partial charge < -0.3 is 8.94 Å². The number of aryl methyl sites for hydroxylation is 3. The van der Waals surface area contributed by atoms with Crippen molar-refractivity contribution in [2.45, 2.75) is 31.6 Å². The summed E-state index contributed by atoms with van der Waals surface area (Å²) >= 11 is 3.29. The Kier molecular flexibility index (Phi) is 3.85. The summed E-state index contributed by atoms with van der Waals surface area (Å²) in [5, 5.41) is 6.03. The van der Waals surface area contributed by atoms with Crippen LogP contribution < -0.4 is 0 Å². The molecule has 0 amide bonds. The summed E-state index contributed by atoms with van der Waals surface area (Å²) in [4.78, 5) is 15.8. The molecule has 0 aliphatic carbocycles. The number of rotatable bonds is 4. The van der Waals surface area contributed by atoms with Gasteiger partial charge in [-0.1, -0.05) is 16.9 Å². The van der Waals surface area contributed by atoms with E-state index < -0.39 is 0 Å². The molecule has 0 spiro atoms. The molecular weight excluding hydrogens is 344 g/mol. The van der Waals surface area contributed by atoms with Crippen molar-refractivity contribution in [3.63, 3.8) is 0 Å². The van der Waals surface area contributed by atoms with Gasteiger partial charge in [0, 0.05) is 10.3 Å². The zero-order chi connectivity index (χ0) is 16.7. The van der Waals surface area contributed by atoms with Gasteiger partial charge in [-0.2, -0.15) is 4.98 Å². The number of hydrogen-bond donors (Lipinski definition) is 0. The molecule has 0 fully saturated rings. The lowest BCUT2D eigenvalue weighted by atomic mass is 10.2. The van der Waals surface area contributed by atoms with Crippen LogP contribution in [-0.4, -0.2) is 20.1 Å². The highest BCUT2D eigenvalue weighted by molar-refractivity contribution is 7.98. The average Bonchev–Trinajstić information content (AvgIpc) is 3.26. The van der Waals surface area contributed by atoms with E-state index in [4.69, 9.17) is 8.94 Å². The normalized spacial score (nSPS) is 11.5. The van der Waals surface area contributed by atoms with E-state index >= 15 is 0 Å². The van der Waals surface area contributed by atoms with Crippen LogP contribution in [0, 0.1) is 20.8 Å². The molecule has 0 bridgehead atoms. The first-order chi connectivity index (χ1) is 11.6. The van der Waals surface area contributed by atoms with Crippen molar-refractivity contribution in [1.82, 2.24) is 20.1 Å². The van der Waals surface area contributed by atoms with Crippen molar-refractivity contribution in [2.24, 2.45) is 0 Å². The van der Waals surface area contributed by atoms with Crippen molar-refractivity contribution in [2.75, 3.05) is 0 Å². The molecule has 4 aromatic rings. The quantitative estimate of drug-likeness (QED) is 0.391. The van der Waals surface area contributed by atoms with Gasteiger partial charge in [-0.3, -0.25) is 0 Å². The lowest BCUT2D eigenvalue weighted by molar-refractivity contribution is 0.390. The molecule has 122 valence electrons. The van der Waals surface area contributed by atoms with Crippen LogP contribution in [0.5, 0.6) is 0 Å². The van der Waals surface area contributed by atoms with E-state index in [-0.39, 0.29) is 0 Å². The number of nitrogens with zero attached hydrogens (tertiary/aromatic N) is 4. The van der Waals surface area contributed by atoms with Crippen molar-refractivity contribution in [1.29, 1.82) is 0 Å². The van der Waals surface area contributed by atoms with E-state index in [0.29, 0.717) is 23.2 Å². The Labute approximate surface area is 146 Å². The maximum absolute atomic E-state index is 5.31. The monoisotopic (exact) mass is 358 g/mol. The number of fused-ring (bicyclic) bond motifs is 1. The van der Waals surface area contributed by atoms with Gasteiger partial charge in [0.15, 0.2) is 5.76 Å². The van der Waals surface area contributed by atoms with E-state index in [1.165, 1.54) is 10.4 Å². The fourth-order valence-corrected chi connectivity index (χ4v) is 4.48. The largest absolute Gasteiger partial charge is 0.461 e. The van der Waals surface area contributed by atoms with Gasteiger partial charge in [-0.25, -0.2) is 9.97 Å². The van der Waals surface area contributed by atoms with Gasteiger partial charge in [0.25, 0.3) is 0 Å². The lowest BCUT2D eigenvalue weighted by Gasteiger charge is -2.03. The Bertz CT molecular complexity index is 1000. The molecule has 0 aliphatic rings. The maximum atomic E-state index is 5.31. The van der Waals surface area contributed by atoms with E-state index in [9.17, 15) is 0 Å². The van der Waals surface area contributed by atoms with E-state index in [1.54, 1.807) is 41.5 Å². The highest BCUT2D eigenvalue weighted by Crippen LogP contribution is 2.36. The SMILES string of the molecule is Cc1nc(SCc2nc(-c3ccco3)no2)c2c(C)c(C)sc2n1. The third kappa shape index (κ3) is 2.71. The second-order valence-corrected chi connectivity index (χ2v) is 7.48. The highest BCUT2D eigenvalue weighted by Gasteiger charge is 2.16. The number of furan rings is 1. The van der Waals surface area contributed by atoms with Crippen molar-refractivity contribution >= 4 is 33.3 Å². The topological polar surface area (TPSA) is 77.8 Å². The predicted molar refractivity (Wildman–Crippen MR) is 93.2 cm³/mol. The minimum Gasteiger partial charge on any atom is -0.461 e. The Balaban J connectivity index is 1.61. The van der Waals surface area contributed by atoms with Crippen LogP contribution in [0.1, 0.15) is 22.2 Å². The maximum Gasteiger partial charge on any atom is 0.238 e. The summed E-state index contributed by atoms with van der Waals surface area (Å²) in [6.07, 6.45) is 1.59. The molecule has 4 rings (SSSR count). The van der Waals surface area contributed by atoms with Crippen LogP contribution in [0.3, 0.4) is 0 Å². The average molecular weight is 358 g/mol. The summed E-state index contributed by atoms with van der Waals surface area (Å²) < 4.78 is 10.6. The molecule has 0 aromatic carbocycles. The van der Waals surface area contributed by atoms with E-state index in [1.807, 2.05) is 6.92 Å². The van der Waals surface area contributed by atoms with Gasteiger partial charge in [0.1, 0.15) is 15.7 Å². The van der Waals surface area contributed by atoms with Crippen molar-refractivity contribution < 1.29 is 8.94 Å². The molecule has 4 heterocycles. The fraction of sp³-hybridized carbons (Fsp3) is 0.250. The van der Waals surface area contributed by atoms with Crippen molar-refractivity contribution in [3.8, 4) is 11.6 Å². The van der Waals surface area contributed by atoms with Gasteiger partial charge in [-0.05, 0) is 38.5 Å². The van der Waals surface area contributed by atoms with Gasteiger partial charge >= 0.3 is 0 Å². The molecule has 0 N–H and O–H groups in total. The van der Waals surface area contributed by atoms with Gasteiger partial charge in [0.2, 0.25) is 11.7 Å². The Morgan fingerprint density at radius 1 is 1.17 bits per heavy atom.